The lowest BCUT2D eigenvalue weighted by Crippen LogP contribution is -2.34. The number of aromatic nitrogens is 4. The Bertz CT molecular complexity index is 895. The number of nitrogens with zero attached hydrogens (tertiary/aromatic N) is 5. The highest BCUT2D eigenvalue weighted by atomic mass is 19.4. The van der Waals surface area contributed by atoms with Gasteiger partial charge in [-0.25, -0.2) is 4.98 Å². The minimum Gasteiger partial charge on any atom is -0.348 e. The van der Waals surface area contributed by atoms with E-state index in [1.807, 2.05) is 18.2 Å². The van der Waals surface area contributed by atoms with E-state index in [1.165, 1.54) is 6.20 Å². The van der Waals surface area contributed by atoms with Crippen LogP contribution in [-0.4, -0.2) is 26.7 Å². The number of rotatable bonds is 3. The van der Waals surface area contributed by atoms with Crippen LogP contribution in [0.15, 0.2) is 47.2 Å². The molecule has 1 fully saturated rings. The van der Waals surface area contributed by atoms with Gasteiger partial charge in [0.1, 0.15) is 5.82 Å². The summed E-state index contributed by atoms with van der Waals surface area (Å²) in [5.74, 6) is -0.761. The monoisotopic (exact) mass is 375 g/mol. The number of anilines is 1. The van der Waals surface area contributed by atoms with E-state index in [9.17, 15) is 13.2 Å². The third-order valence-corrected chi connectivity index (χ3v) is 4.50. The summed E-state index contributed by atoms with van der Waals surface area (Å²) in [7, 11) is 0. The number of piperidine rings is 1. The summed E-state index contributed by atoms with van der Waals surface area (Å²) in [6.45, 7) is 0.841. The number of halogens is 3. The second-order valence-corrected chi connectivity index (χ2v) is 6.29. The first-order valence-electron chi connectivity index (χ1n) is 8.57. The van der Waals surface area contributed by atoms with Gasteiger partial charge in [0.2, 0.25) is 5.82 Å². The summed E-state index contributed by atoms with van der Waals surface area (Å²) in [5.41, 5.74) is 1.35. The standard InChI is InChI=1S/C18H16F3N5O/c19-18(20,21)17-24-16(25-27-17)12-7-8-15(23-11-12)26-10-4-2-6-14(26)13-5-1-3-9-22-13/h1,3,5,7-9,11,14H,2,4,6,10H2. The molecule has 6 nitrogen and oxygen atoms in total. The summed E-state index contributed by atoms with van der Waals surface area (Å²) in [6, 6.07) is 9.37. The van der Waals surface area contributed by atoms with E-state index in [0.29, 0.717) is 5.56 Å². The Balaban J connectivity index is 1.58. The molecular weight excluding hydrogens is 359 g/mol. The van der Waals surface area contributed by atoms with E-state index in [1.54, 1.807) is 18.3 Å². The molecule has 0 spiro atoms. The van der Waals surface area contributed by atoms with Crippen LogP contribution in [0.25, 0.3) is 11.4 Å². The predicted octanol–water partition coefficient (Wildman–Crippen LogP) is 4.28. The lowest BCUT2D eigenvalue weighted by Gasteiger charge is -2.36. The third-order valence-electron chi connectivity index (χ3n) is 4.50. The molecule has 1 unspecified atom stereocenters. The van der Waals surface area contributed by atoms with E-state index in [-0.39, 0.29) is 11.9 Å². The van der Waals surface area contributed by atoms with Gasteiger partial charge in [0.05, 0.1) is 11.7 Å². The van der Waals surface area contributed by atoms with E-state index >= 15 is 0 Å². The topological polar surface area (TPSA) is 67.9 Å². The van der Waals surface area contributed by atoms with Crippen molar-refractivity contribution in [3.05, 3.63) is 54.3 Å². The summed E-state index contributed by atoms with van der Waals surface area (Å²) in [5, 5.41) is 3.39. The Labute approximate surface area is 153 Å². The molecule has 0 amide bonds. The van der Waals surface area contributed by atoms with Crippen LogP contribution in [0.1, 0.15) is 36.9 Å². The average molecular weight is 375 g/mol. The van der Waals surface area contributed by atoms with Gasteiger partial charge in [0, 0.05) is 24.5 Å². The molecule has 0 aliphatic carbocycles. The number of alkyl halides is 3. The van der Waals surface area contributed by atoms with Crippen molar-refractivity contribution in [1.29, 1.82) is 0 Å². The van der Waals surface area contributed by atoms with Gasteiger partial charge >= 0.3 is 12.1 Å². The van der Waals surface area contributed by atoms with Crippen molar-refractivity contribution < 1.29 is 17.7 Å². The van der Waals surface area contributed by atoms with Crippen molar-refractivity contribution in [2.45, 2.75) is 31.5 Å². The van der Waals surface area contributed by atoms with Crippen LogP contribution in [-0.2, 0) is 6.18 Å². The van der Waals surface area contributed by atoms with E-state index in [2.05, 4.69) is 29.5 Å². The fourth-order valence-corrected chi connectivity index (χ4v) is 3.23. The lowest BCUT2D eigenvalue weighted by atomic mass is 9.98. The van der Waals surface area contributed by atoms with Gasteiger partial charge in [-0.1, -0.05) is 11.2 Å². The molecule has 1 atom stereocenters. The molecule has 1 aliphatic heterocycles. The molecule has 1 aliphatic rings. The summed E-state index contributed by atoms with van der Waals surface area (Å²) < 4.78 is 42.1. The van der Waals surface area contributed by atoms with Crippen LogP contribution < -0.4 is 4.90 Å². The van der Waals surface area contributed by atoms with Gasteiger partial charge in [-0.05, 0) is 43.5 Å². The Morgan fingerprint density at radius 3 is 2.63 bits per heavy atom. The highest BCUT2D eigenvalue weighted by Crippen LogP contribution is 2.34. The first-order valence-corrected chi connectivity index (χ1v) is 8.57. The summed E-state index contributed by atoms with van der Waals surface area (Å²) in [6.07, 6.45) is 1.70. The molecule has 3 aromatic rings. The van der Waals surface area contributed by atoms with E-state index < -0.39 is 12.1 Å². The number of hydrogen-bond donors (Lipinski definition) is 0. The Morgan fingerprint density at radius 1 is 1.07 bits per heavy atom. The minimum atomic E-state index is -4.66. The largest absolute Gasteiger partial charge is 0.471 e. The van der Waals surface area contributed by atoms with Crippen molar-refractivity contribution in [3.8, 4) is 11.4 Å². The lowest BCUT2D eigenvalue weighted by molar-refractivity contribution is -0.159. The molecule has 1 saturated heterocycles. The smallest absolute Gasteiger partial charge is 0.348 e. The fraction of sp³-hybridized carbons (Fsp3) is 0.333. The molecule has 3 aromatic heterocycles. The normalized spacial score (nSPS) is 17.9. The van der Waals surface area contributed by atoms with Crippen molar-refractivity contribution in [1.82, 2.24) is 20.1 Å². The Kier molecular flexibility index (Phi) is 4.51. The maximum absolute atomic E-state index is 12.6. The van der Waals surface area contributed by atoms with E-state index in [4.69, 9.17) is 0 Å². The molecule has 4 rings (SSSR count). The zero-order valence-corrected chi connectivity index (χ0v) is 14.2. The molecular formula is C18H16F3N5O. The van der Waals surface area contributed by atoms with Crippen molar-refractivity contribution in [3.63, 3.8) is 0 Å². The summed E-state index contributed by atoms with van der Waals surface area (Å²) in [4.78, 5) is 14.4. The zero-order valence-electron chi connectivity index (χ0n) is 14.2. The SMILES string of the molecule is FC(F)(F)c1nc(-c2ccc(N3CCCCC3c3ccccn3)nc2)no1. The van der Waals surface area contributed by atoms with Crippen molar-refractivity contribution in [2.75, 3.05) is 11.4 Å². The van der Waals surface area contributed by atoms with Gasteiger partial charge in [-0.3, -0.25) is 4.98 Å². The quantitative estimate of drug-likeness (QED) is 0.681. The second-order valence-electron chi connectivity index (χ2n) is 6.29. The highest BCUT2D eigenvalue weighted by Gasteiger charge is 2.38. The highest BCUT2D eigenvalue weighted by molar-refractivity contribution is 5.56. The number of hydrogen-bond acceptors (Lipinski definition) is 6. The fourth-order valence-electron chi connectivity index (χ4n) is 3.23. The first kappa shape index (κ1) is 17.4. The third kappa shape index (κ3) is 3.62. The Hall–Kier alpha value is -2.97. The van der Waals surface area contributed by atoms with Crippen LogP contribution in [0.4, 0.5) is 19.0 Å². The average Bonchev–Trinajstić information content (AvgIpc) is 3.20. The van der Waals surface area contributed by atoms with Crippen LogP contribution in [0.3, 0.4) is 0 Å². The van der Waals surface area contributed by atoms with Gasteiger partial charge < -0.3 is 9.42 Å². The van der Waals surface area contributed by atoms with Crippen LogP contribution in [0.5, 0.6) is 0 Å². The number of pyridine rings is 2. The molecule has 140 valence electrons. The van der Waals surface area contributed by atoms with Gasteiger partial charge in [0.15, 0.2) is 0 Å². The molecule has 0 bridgehead atoms. The first-order chi connectivity index (χ1) is 13.0. The molecule has 4 heterocycles. The van der Waals surface area contributed by atoms with Crippen molar-refractivity contribution in [2.24, 2.45) is 0 Å². The predicted molar refractivity (Wildman–Crippen MR) is 90.7 cm³/mol. The molecule has 0 N–H and O–H groups in total. The van der Waals surface area contributed by atoms with Crippen molar-refractivity contribution >= 4 is 5.82 Å². The molecule has 0 aromatic carbocycles. The van der Waals surface area contributed by atoms with E-state index in [0.717, 1.165) is 37.3 Å². The van der Waals surface area contributed by atoms with Crippen LogP contribution in [0, 0.1) is 0 Å². The zero-order chi connectivity index (χ0) is 18.9. The maximum atomic E-state index is 12.6. The second kappa shape index (κ2) is 6.98. The molecule has 9 heteroatoms. The van der Waals surface area contributed by atoms with Gasteiger partial charge in [-0.2, -0.15) is 18.2 Å². The molecule has 0 saturated carbocycles. The van der Waals surface area contributed by atoms with Gasteiger partial charge in [-0.15, -0.1) is 0 Å². The van der Waals surface area contributed by atoms with Crippen LogP contribution >= 0.6 is 0 Å². The minimum absolute atomic E-state index is 0.125. The van der Waals surface area contributed by atoms with Gasteiger partial charge in [0.25, 0.3) is 0 Å². The molecule has 0 radical (unpaired) electrons. The Morgan fingerprint density at radius 2 is 1.96 bits per heavy atom. The maximum Gasteiger partial charge on any atom is 0.471 e. The van der Waals surface area contributed by atoms with Crippen LogP contribution in [0.2, 0.25) is 0 Å². The summed E-state index contributed by atoms with van der Waals surface area (Å²) >= 11 is 0. The molecule has 27 heavy (non-hydrogen) atoms.